The number of aromatic nitrogens is 2. The van der Waals surface area contributed by atoms with Gasteiger partial charge >= 0.3 is 10.1 Å². The monoisotopic (exact) mass is 514 g/mol. The third kappa shape index (κ3) is 6.24. The van der Waals surface area contributed by atoms with Gasteiger partial charge in [0.25, 0.3) is 5.69 Å². The predicted octanol–water partition coefficient (Wildman–Crippen LogP) is 3.80. The molecule has 36 heavy (non-hydrogen) atoms. The highest BCUT2D eigenvalue weighted by Crippen LogP contribution is 2.32. The number of nitro benzene ring substituents is 1. The van der Waals surface area contributed by atoms with Crippen molar-refractivity contribution in [1.29, 1.82) is 0 Å². The van der Waals surface area contributed by atoms with Gasteiger partial charge in [-0.1, -0.05) is 26.0 Å². The van der Waals surface area contributed by atoms with Crippen LogP contribution in [0.15, 0.2) is 58.5 Å². The molecule has 1 heterocycles. The number of hydrazone groups is 1. The molecule has 190 valence electrons. The SMILES string of the molecule is COc1cc(/C=N/Nc2cc(N(C)C)nc(C(C)C)n2)ccc1OS(=O)(=O)c1ccccc1[N+](=O)[O-]. The Morgan fingerprint density at radius 1 is 1.11 bits per heavy atom. The number of benzene rings is 2. The molecule has 3 rings (SSSR count). The molecule has 0 bridgehead atoms. The van der Waals surface area contributed by atoms with Crippen molar-refractivity contribution < 1.29 is 22.3 Å². The highest BCUT2D eigenvalue weighted by atomic mass is 32.2. The molecule has 0 unspecified atom stereocenters. The molecule has 0 saturated heterocycles. The quantitative estimate of drug-likeness (QED) is 0.183. The Balaban J connectivity index is 1.82. The smallest absolute Gasteiger partial charge is 0.346 e. The molecule has 0 radical (unpaired) electrons. The van der Waals surface area contributed by atoms with Crippen molar-refractivity contribution in [3.63, 3.8) is 0 Å². The minimum Gasteiger partial charge on any atom is -0.493 e. The summed E-state index contributed by atoms with van der Waals surface area (Å²) in [6.45, 7) is 3.99. The molecule has 12 nitrogen and oxygen atoms in total. The van der Waals surface area contributed by atoms with E-state index in [0.717, 1.165) is 18.0 Å². The van der Waals surface area contributed by atoms with Gasteiger partial charge in [0.1, 0.15) is 11.6 Å². The number of nitrogens with zero attached hydrogens (tertiary/aromatic N) is 5. The summed E-state index contributed by atoms with van der Waals surface area (Å²) in [6, 6.07) is 11.1. The average molecular weight is 515 g/mol. The Morgan fingerprint density at radius 2 is 1.83 bits per heavy atom. The van der Waals surface area contributed by atoms with Crippen LogP contribution in [0.5, 0.6) is 11.5 Å². The second kappa shape index (κ2) is 11.0. The second-order valence-corrected chi connectivity index (χ2v) is 9.58. The zero-order valence-electron chi connectivity index (χ0n) is 20.4. The summed E-state index contributed by atoms with van der Waals surface area (Å²) >= 11 is 0. The lowest BCUT2D eigenvalue weighted by Crippen LogP contribution is -2.13. The standard InChI is InChI=1S/C23H26N6O6S/c1-15(2)23-25-21(13-22(26-23)28(3)4)27-24-14-16-10-11-18(19(12-16)34-5)35-36(32,33)20-9-7-6-8-17(20)29(30)31/h6-15H,1-5H3,(H,25,26,27)/b24-14+. The lowest BCUT2D eigenvalue weighted by molar-refractivity contribution is -0.387. The third-order valence-electron chi connectivity index (χ3n) is 4.82. The molecule has 0 aliphatic heterocycles. The van der Waals surface area contributed by atoms with Gasteiger partial charge in [0.2, 0.25) is 0 Å². The maximum Gasteiger partial charge on any atom is 0.346 e. The maximum absolute atomic E-state index is 12.7. The van der Waals surface area contributed by atoms with E-state index in [2.05, 4.69) is 20.5 Å². The number of nitro groups is 1. The van der Waals surface area contributed by atoms with Crippen LogP contribution in [0.2, 0.25) is 0 Å². The van der Waals surface area contributed by atoms with Crippen LogP contribution in [0, 0.1) is 10.1 Å². The molecule has 0 aliphatic carbocycles. The van der Waals surface area contributed by atoms with Crippen LogP contribution in [0.25, 0.3) is 0 Å². The van der Waals surface area contributed by atoms with Crippen LogP contribution in [-0.2, 0) is 10.1 Å². The maximum atomic E-state index is 12.7. The summed E-state index contributed by atoms with van der Waals surface area (Å²) in [5.74, 6) is 2.00. The van der Waals surface area contributed by atoms with E-state index in [-0.39, 0.29) is 17.4 Å². The minimum atomic E-state index is -4.50. The van der Waals surface area contributed by atoms with Crippen LogP contribution >= 0.6 is 0 Å². The Morgan fingerprint density at radius 3 is 2.47 bits per heavy atom. The number of ether oxygens (including phenoxy) is 1. The van der Waals surface area contributed by atoms with E-state index >= 15 is 0 Å². The number of para-hydroxylation sites is 1. The lowest BCUT2D eigenvalue weighted by Gasteiger charge is -2.15. The zero-order chi connectivity index (χ0) is 26.5. The number of nitrogens with one attached hydrogen (secondary N) is 1. The zero-order valence-corrected chi connectivity index (χ0v) is 21.2. The summed E-state index contributed by atoms with van der Waals surface area (Å²) in [4.78, 5) is 20.7. The van der Waals surface area contributed by atoms with Gasteiger partial charge in [-0.2, -0.15) is 13.5 Å². The van der Waals surface area contributed by atoms with Gasteiger partial charge < -0.3 is 13.8 Å². The second-order valence-electron chi connectivity index (χ2n) is 8.06. The molecule has 3 aromatic rings. The largest absolute Gasteiger partial charge is 0.493 e. The Hall–Kier alpha value is -4.26. The van der Waals surface area contributed by atoms with Gasteiger partial charge in [-0.05, 0) is 29.8 Å². The van der Waals surface area contributed by atoms with Gasteiger partial charge in [-0.3, -0.25) is 15.5 Å². The first-order chi connectivity index (χ1) is 17.0. The summed E-state index contributed by atoms with van der Waals surface area (Å²) in [6.07, 6.45) is 1.50. The van der Waals surface area contributed by atoms with Gasteiger partial charge in [-0.15, -0.1) is 0 Å². The fourth-order valence-electron chi connectivity index (χ4n) is 2.99. The topological polar surface area (TPSA) is 149 Å². The first-order valence-electron chi connectivity index (χ1n) is 10.7. The molecule has 0 spiro atoms. The van der Waals surface area contributed by atoms with Gasteiger partial charge in [-0.25, -0.2) is 9.97 Å². The first kappa shape index (κ1) is 26.3. The van der Waals surface area contributed by atoms with Crippen molar-refractivity contribution in [2.75, 3.05) is 31.5 Å². The molecule has 0 aliphatic rings. The molecule has 0 fully saturated rings. The Bertz CT molecular complexity index is 1370. The molecule has 2 aromatic carbocycles. The fourth-order valence-corrected chi connectivity index (χ4v) is 4.09. The summed E-state index contributed by atoms with van der Waals surface area (Å²) in [5.41, 5.74) is 2.85. The molecule has 1 aromatic heterocycles. The van der Waals surface area contributed by atoms with Crippen LogP contribution in [0.1, 0.15) is 31.2 Å². The number of rotatable bonds is 10. The molecule has 1 N–H and O–H groups in total. The van der Waals surface area contributed by atoms with Crippen LogP contribution in [0.3, 0.4) is 0 Å². The van der Waals surface area contributed by atoms with Gasteiger partial charge in [0.15, 0.2) is 22.2 Å². The van der Waals surface area contributed by atoms with E-state index in [0.29, 0.717) is 17.2 Å². The summed E-state index contributed by atoms with van der Waals surface area (Å²) in [7, 11) is 0.609. The first-order valence-corrected chi connectivity index (χ1v) is 12.1. The fraction of sp³-hybridized carbons (Fsp3) is 0.261. The van der Waals surface area contributed by atoms with Crippen molar-refractivity contribution in [3.05, 3.63) is 70.0 Å². The molecule has 0 amide bonds. The molecule has 13 heteroatoms. The third-order valence-corrected chi connectivity index (χ3v) is 6.10. The number of methoxy groups -OCH3 is 1. The van der Waals surface area contributed by atoms with Gasteiger partial charge in [0.05, 0.1) is 18.2 Å². The van der Waals surface area contributed by atoms with E-state index in [1.54, 1.807) is 12.1 Å². The van der Waals surface area contributed by atoms with Gasteiger partial charge in [0, 0.05) is 32.1 Å². The van der Waals surface area contributed by atoms with E-state index in [4.69, 9.17) is 8.92 Å². The number of hydrogen-bond donors (Lipinski definition) is 1. The average Bonchev–Trinajstić information content (AvgIpc) is 2.84. The Kier molecular flexibility index (Phi) is 8.04. The van der Waals surface area contributed by atoms with Crippen LogP contribution in [0.4, 0.5) is 17.3 Å². The van der Waals surface area contributed by atoms with Crippen LogP contribution in [-0.4, -0.2) is 50.7 Å². The highest BCUT2D eigenvalue weighted by Gasteiger charge is 2.28. The van der Waals surface area contributed by atoms with Crippen molar-refractivity contribution in [3.8, 4) is 11.5 Å². The molecule has 0 atom stereocenters. The van der Waals surface area contributed by atoms with Crippen molar-refractivity contribution >= 4 is 33.7 Å². The minimum absolute atomic E-state index is 0.0973. The summed E-state index contributed by atoms with van der Waals surface area (Å²) < 4.78 is 35.9. The normalized spacial score (nSPS) is 11.5. The predicted molar refractivity (Wildman–Crippen MR) is 136 cm³/mol. The van der Waals surface area contributed by atoms with Crippen molar-refractivity contribution in [2.45, 2.75) is 24.7 Å². The van der Waals surface area contributed by atoms with Crippen molar-refractivity contribution in [2.24, 2.45) is 5.10 Å². The van der Waals surface area contributed by atoms with Crippen molar-refractivity contribution in [1.82, 2.24) is 9.97 Å². The van der Waals surface area contributed by atoms with E-state index in [1.807, 2.05) is 32.8 Å². The molecular formula is C23H26N6O6S. The Labute approximate surface area is 208 Å². The van der Waals surface area contributed by atoms with E-state index in [9.17, 15) is 18.5 Å². The molecular weight excluding hydrogens is 488 g/mol. The van der Waals surface area contributed by atoms with E-state index < -0.39 is 25.6 Å². The number of hydrogen-bond acceptors (Lipinski definition) is 11. The number of anilines is 2. The van der Waals surface area contributed by atoms with Crippen LogP contribution < -0.4 is 19.2 Å². The highest BCUT2D eigenvalue weighted by molar-refractivity contribution is 7.87. The lowest BCUT2D eigenvalue weighted by atomic mass is 10.2. The summed E-state index contributed by atoms with van der Waals surface area (Å²) in [5, 5.41) is 15.4. The molecule has 0 saturated carbocycles. The van der Waals surface area contributed by atoms with E-state index in [1.165, 1.54) is 37.6 Å².